The standard InChI is InChI=1S/C13H18FNO2S/c1-13(2,15)8-18-7-9-4-5-10(11(14)6-9)12(16)17-3/h4-6H,7-8,15H2,1-3H3. The van der Waals surface area contributed by atoms with E-state index in [1.54, 1.807) is 17.8 Å². The third-order valence-corrected chi connectivity index (χ3v) is 3.67. The van der Waals surface area contributed by atoms with Crippen molar-refractivity contribution in [1.82, 2.24) is 0 Å². The van der Waals surface area contributed by atoms with Gasteiger partial charge in [-0.05, 0) is 31.5 Å². The molecule has 0 unspecified atom stereocenters. The van der Waals surface area contributed by atoms with Gasteiger partial charge in [0, 0.05) is 17.0 Å². The number of nitrogens with two attached hydrogens (primary N) is 1. The van der Waals surface area contributed by atoms with Gasteiger partial charge >= 0.3 is 5.97 Å². The highest BCUT2D eigenvalue weighted by Gasteiger charge is 2.13. The molecule has 1 aromatic rings. The first-order chi connectivity index (χ1) is 8.33. The van der Waals surface area contributed by atoms with Crippen LogP contribution >= 0.6 is 11.8 Å². The van der Waals surface area contributed by atoms with Crippen molar-refractivity contribution in [3.05, 3.63) is 35.1 Å². The molecule has 1 aromatic carbocycles. The molecule has 0 bridgehead atoms. The molecule has 18 heavy (non-hydrogen) atoms. The number of benzene rings is 1. The van der Waals surface area contributed by atoms with Crippen LogP contribution in [0.2, 0.25) is 0 Å². The Morgan fingerprint density at radius 1 is 1.50 bits per heavy atom. The molecule has 0 saturated carbocycles. The largest absolute Gasteiger partial charge is 0.465 e. The average Bonchev–Trinajstić information content (AvgIpc) is 2.26. The number of thioether (sulfide) groups is 1. The lowest BCUT2D eigenvalue weighted by atomic mass is 10.1. The molecular weight excluding hydrogens is 253 g/mol. The first-order valence-electron chi connectivity index (χ1n) is 5.57. The Morgan fingerprint density at radius 2 is 2.17 bits per heavy atom. The fourth-order valence-electron chi connectivity index (χ4n) is 1.36. The highest BCUT2D eigenvalue weighted by molar-refractivity contribution is 7.98. The fraction of sp³-hybridized carbons (Fsp3) is 0.462. The molecule has 0 spiro atoms. The zero-order chi connectivity index (χ0) is 13.8. The molecule has 2 N–H and O–H groups in total. The van der Waals surface area contributed by atoms with Crippen LogP contribution in [-0.4, -0.2) is 24.4 Å². The van der Waals surface area contributed by atoms with Gasteiger partial charge in [0.1, 0.15) is 5.82 Å². The van der Waals surface area contributed by atoms with Crippen LogP contribution in [0.25, 0.3) is 0 Å². The van der Waals surface area contributed by atoms with Crippen molar-refractivity contribution in [2.45, 2.75) is 25.1 Å². The summed E-state index contributed by atoms with van der Waals surface area (Å²) in [5.41, 5.74) is 6.41. The molecule has 3 nitrogen and oxygen atoms in total. The van der Waals surface area contributed by atoms with Gasteiger partial charge in [0.15, 0.2) is 0 Å². The van der Waals surface area contributed by atoms with E-state index in [9.17, 15) is 9.18 Å². The summed E-state index contributed by atoms with van der Waals surface area (Å²) in [5, 5.41) is 0. The second-order valence-corrected chi connectivity index (χ2v) is 5.77. The van der Waals surface area contributed by atoms with Gasteiger partial charge in [0.2, 0.25) is 0 Å². The van der Waals surface area contributed by atoms with E-state index < -0.39 is 11.8 Å². The van der Waals surface area contributed by atoms with E-state index in [-0.39, 0.29) is 11.1 Å². The van der Waals surface area contributed by atoms with Crippen LogP contribution in [0.3, 0.4) is 0 Å². The van der Waals surface area contributed by atoms with Crippen molar-refractivity contribution in [3.63, 3.8) is 0 Å². The number of methoxy groups -OCH3 is 1. The summed E-state index contributed by atoms with van der Waals surface area (Å²) in [6.45, 7) is 3.89. The number of hydrogen-bond donors (Lipinski definition) is 1. The van der Waals surface area contributed by atoms with Gasteiger partial charge in [-0.1, -0.05) is 6.07 Å². The van der Waals surface area contributed by atoms with Crippen LogP contribution in [0, 0.1) is 5.82 Å². The van der Waals surface area contributed by atoms with Crippen LogP contribution in [0.4, 0.5) is 4.39 Å². The second kappa shape index (κ2) is 6.20. The monoisotopic (exact) mass is 271 g/mol. The van der Waals surface area contributed by atoms with E-state index >= 15 is 0 Å². The normalized spacial score (nSPS) is 11.4. The van der Waals surface area contributed by atoms with Gasteiger partial charge in [0.05, 0.1) is 12.7 Å². The summed E-state index contributed by atoms with van der Waals surface area (Å²) in [6.07, 6.45) is 0. The predicted octanol–water partition coefficient (Wildman–Crippen LogP) is 2.58. The molecule has 0 atom stereocenters. The maximum absolute atomic E-state index is 13.6. The number of carbonyl (C=O) groups excluding carboxylic acids is 1. The topological polar surface area (TPSA) is 52.3 Å². The average molecular weight is 271 g/mol. The van der Waals surface area contributed by atoms with Gasteiger partial charge in [-0.2, -0.15) is 11.8 Å². The maximum atomic E-state index is 13.6. The van der Waals surface area contributed by atoms with Crippen LogP contribution in [0.1, 0.15) is 29.8 Å². The summed E-state index contributed by atoms with van der Waals surface area (Å²) < 4.78 is 18.1. The lowest BCUT2D eigenvalue weighted by molar-refractivity contribution is 0.0595. The lowest BCUT2D eigenvalue weighted by Crippen LogP contribution is -2.34. The van der Waals surface area contributed by atoms with Crippen molar-refractivity contribution in [2.24, 2.45) is 5.73 Å². The molecule has 0 aliphatic carbocycles. The number of rotatable bonds is 5. The lowest BCUT2D eigenvalue weighted by Gasteiger charge is -2.17. The number of ether oxygens (including phenoxy) is 1. The summed E-state index contributed by atoms with van der Waals surface area (Å²) in [6, 6.07) is 4.54. The van der Waals surface area contributed by atoms with E-state index in [1.165, 1.54) is 19.2 Å². The summed E-state index contributed by atoms with van der Waals surface area (Å²) >= 11 is 1.63. The highest BCUT2D eigenvalue weighted by Crippen LogP contribution is 2.19. The Kier molecular flexibility index (Phi) is 5.16. The minimum Gasteiger partial charge on any atom is -0.465 e. The molecule has 0 heterocycles. The van der Waals surface area contributed by atoms with Crippen molar-refractivity contribution < 1.29 is 13.9 Å². The summed E-state index contributed by atoms with van der Waals surface area (Å²) in [5.74, 6) is 0.244. The molecule has 100 valence electrons. The van der Waals surface area contributed by atoms with E-state index in [4.69, 9.17) is 5.73 Å². The van der Waals surface area contributed by atoms with Crippen LogP contribution in [0.15, 0.2) is 18.2 Å². The van der Waals surface area contributed by atoms with Crippen LogP contribution < -0.4 is 5.73 Å². The van der Waals surface area contributed by atoms with Crippen molar-refractivity contribution in [1.29, 1.82) is 0 Å². The molecule has 0 aromatic heterocycles. The third kappa shape index (κ3) is 4.66. The number of esters is 1. The van der Waals surface area contributed by atoms with Gasteiger partial charge < -0.3 is 10.5 Å². The predicted molar refractivity (Wildman–Crippen MR) is 72.2 cm³/mol. The molecule has 0 radical (unpaired) electrons. The first kappa shape index (κ1) is 15.0. The van der Waals surface area contributed by atoms with Gasteiger partial charge in [-0.15, -0.1) is 0 Å². The van der Waals surface area contributed by atoms with Crippen molar-refractivity contribution in [2.75, 3.05) is 12.9 Å². The Morgan fingerprint density at radius 3 is 2.67 bits per heavy atom. The van der Waals surface area contributed by atoms with E-state index in [2.05, 4.69) is 4.74 Å². The van der Waals surface area contributed by atoms with E-state index in [1.807, 2.05) is 13.8 Å². The molecule has 0 aliphatic rings. The molecule has 0 saturated heterocycles. The molecular formula is C13H18FNO2S. The number of hydrogen-bond acceptors (Lipinski definition) is 4. The third-order valence-electron chi connectivity index (χ3n) is 2.18. The van der Waals surface area contributed by atoms with Crippen molar-refractivity contribution in [3.8, 4) is 0 Å². The molecule has 5 heteroatoms. The zero-order valence-corrected chi connectivity index (χ0v) is 11.6. The Labute approximate surface area is 111 Å². The molecule has 0 aliphatic heterocycles. The Hall–Kier alpha value is -1.07. The van der Waals surface area contributed by atoms with Gasteiger partial charge in [0.25, 0.3) is 0 Å². The van der Waals surface area contributed by atoms with Gasteiger partial charge in [-0.25, -0.2) is 9.18 Å². The molecule has 1 rings (SSSR count). The SMILES string of the molecule is COC(=O)c1ccc(CSCC(C)(C)N)cc1F. The minimum absolute atomic E-state index is 0.0367. The number of carbonyl (C=O) groups is 1. The minimum atomic E-state index is -0.658. The summed E-state index contributed by atoms with van der Waals surface area (Å²) in [4.78, 5) is 11.2. The van der Waals surface area contributed by atoms with Crippen LogP contribution in [0.5, 0.6) is 0 Å². The first-order valence-corrected chi connectivity index (χ1v) is 6.72. The molecule has 0 fully saturated rings. The van der Waals surface area contributed by atoms with E-state index in [0.717, 1.165) is 11.3 Å². The van der Waals surface area contributed by atoms with Crippen molar-refractivity contribution >= 4 is 17.7 Å². The molecule has 0 amide bonds. The maximum Gasteiger partial charge on any atom is 0.340 e. The fourth-order valence-corrected chi connectivity index (χ4v) is 2.40. The smallest absolute Gasteiger partial charge is 0.340 e. The highest BCUT2D eigenvalue weighted by atomic mass is 32.2. The van der Waals surface area contributed by atoms with Gasteiger partial charge in [-0.3, -0.25) is 0 Å². The quantitative estimate of drug-likeness (QED) is 0.836. The summed E-state index contributed by atoms with van der Waals surface area (Å²) in [7, 11) is 1.23. The number of halogens is 1. The van der Waals surface area contributed by atoms with E-state index in [0.29, 0.717) is 5.75 Å². The second-order valence-electron chi connectivity index (χ2n) is 4.79. The Bertz CT molecular complexity index is 429. The zero-order valence-electron chi connectivity index (χ0n) is 10.8. The van der Waals surface area contributed by atoms with Crippen LogP contribution in [-0.2, 0) is 10.5 Å². The Balaban J connectivity index is 2.65.